The van der Waals surface area contributed by atoms with Gasteiger partial charge in [0.25, 0.3) is 0 Å². The van der Waals surface area contributed by atoms with Gasteiger partial charge in [0.2, 0.25) is 5.91 Å². The smallest absolute Gasteiger partial charge is 0.219 e. The van der Waals surface area contributed by atoms with Gasteiger partial charge in [-0.3, -0.25) is 4.79 Å². The highest BCUT2D eigenvalue weighted by Crippen LogP contribution is 2.47. The summed E-state index contributed by atoms with van der Waals surface area (Å²) in [4.78, 5) is 13.2. The molecule has 1 amide bonds. The maximum absolute atomic E-state index is 11.4. The van der Waals surface area contributed by atoms with Gasteiger partial charge in [0, 0.05) is 27.6 Å². The van der Waals surface area contributed by atoms with E-state index >= 15 is 0 Å². The van der Waals surface area contributed by atoms with Gasteiger partial charge < -0.3 is 9.64 Å². The van der Waals surface area contributed by atoms with Crippen molar-refractivity contribution < 1.29 is 9.53 Å². The number of ether oxygens (including phenoxy) is 1. The topological polar surface area (TPSA) is 29.5 Å². The zero-order valence-corrected chi connectivity index (χ0v) is 13.2. The van der Waals surface area contributed by atoms with Crippen molar-refractivity contribution in [3.05, 3.63) is 23.3 Å². The molecule has 0 aromatic carbocycles. The summed E-state index contributed by atoms with van der Waals surface area (Å²) in [5.41, 5.74) is 3.17. The quantitative estimate of drug-likeness (QED) is 0.789. The van der Waals surface area contributed by atoms with Crippen molar-refractivity contribution in [3.8, 4) is 0 Å². The lowest BCUT2D eigenvalue weighted by Crippen LogP contribution is -2.34. The van der Waals surface area contributed by atoms with Gasteiger partial charge in [0.15, 0.2) is 0 Å². The molecule has 3 nitrogen and oxygen atoms in total. The Morgan fingerprint density at radius 3 is 2.95 bits per heavy atom. The minimum atomic E-state index is 0.146. The van der Waals surface area contributed by atoms with Crippen LogP contribution in [0.15, 0.2) is 23.3 Å². The van der Waals surface area contributed by atoms with Crippen LogP contribution < -0.4 is 0 Å². The van der Waals surface area contributed by atoms with E-state index in [1.54, 1.807) is 14.0 Å². The Labute approximate surface area is 122 Å². The highest BCUT2D eigenvalue weighted by molar-refractivity contribution is 5.72. The van der Waals surface area contributed by atoms with Crippen LogP contribution in [-0.2, 0) is 9.53 Å². The Kier molecular flexibility index (Phi) is 4.69. The Morgan fingerprint density at radius 2 is 2.30 bits per heavy atom. The molecule has 0 radical (unpaired) electrons. The molecule has 2 unspecified atom stereocenters. The molecule has 20 heavy (non-hydrogen) atoms. The number of amides is 1. The van der Waals surface area contributed by atoms with E-state index in [0.717, 1.165) is 19.4 Å². The summed E-state index contributed by atoms with van der Waals surface area (Å²) in [6.45, 7) is 4.81. The van der Waals surface area contributed by atoms with E-state index in [0.29, 0.717) is 0 Å². The first-order valence-electron chi connectivity index (χ1n) is 7.62. The number of rotatable bonds is 4. The van der Waals surface area contributed by atoms with Gasteiger partial charge in [0.1, 0.15) is 0 Å². The van der Waals surface area contributed by atoms with E-state index in [1.807, 2.05) is 11.9 Å². The van der Waals surface area contributed by atoms with Crippen molar-refractivity contribution in [2.75, 3.05) is 20.7 Å². The highest BCUT2D eigenvalue weighted by atomic mass is 16.5. The first-order valence-corrected chi connectivity index (χ1v) is 7.62. The highest BCUT2D eigenvalue weighted by Gasteiger charge is 2.36. The van der Waals surface area contributed by atoms with Crippen molar-refractivity contribution >= 4 is 5.91 Å². The van der Waals surface area contributed by atoms with E-state index in [1.165, 1.54) is 30.4 Å². The molecule has 112 valence electrons. The van der Waals surface area contributed by atoms with Gasteiger partial charge in [-0.15, -0.1) is 0 Å². The first-order chi connectivity index (χ1) is 9.46. The minimum absolute atomic E-state index is 0.146. The monoisotopic (exact) mass is 277 g/mol. The second kappa shape index (κ2) is 6.13. The van der Waals surface area contributed by atoms with Crippen molar-refractivity contribution in [3.63, 3.8) is 0 Å². The number of methoxy groups -OCH3 is 1. The summed E-state index contributed by atoms with van der Waals surface area (Å²) in [5.74, 6) is 0.146. The molecule has 2 aliphatic carbocycles. The van der Waals surface area contributed by atoms with Crippen molar-refractivity contribution in [1.29, 1.82) is 0 Å². The average molecular weight is 277 g/mol. The summed E-state index contributed by atoms with van der Waals surface area (Å²) in [7, 11) is 3.67. The number of hydrogen-bond donors (Lipinski definition) is 0. The fraction of sp³-hybridized carbons (Fsp3) is 0.706. The van der Waals surface area contributed by atoms with Crippen molar-refractivity contribution in [2.45, 2.75) is 52.1 Å². The molecule has 0 aliphatic heterocycles. The molecule has 2 atom stereocenters. The molecular weight excluding hydrogens is 250 g/mol. The average Bonchev–Trinajstić information content (AvgIpc) is 2.45. The minimum Gasteiger partial charge on any atom is -0.377 e. The molecule has 0 bridgehead atoms. The molecule has 0 aromatic rings. The predicted molar refractivity (Wildman–Crippen MR) is 81.5 cm³/mol. The van der Waals surface area contributed by atoms with Crippen molar-refractivity contribution in [1.82, 2.24) is 4.90 Å². The van der Waals surface area contributed by atoms with Crippen LogP contribution in [0.25, 0.3) is 0 Å². The van der Waals surface area contributed by atoms with Gasteiger partial charge in [-0.2, -0.15) is 0 Å². The number of carbonyl (C=O) groups is 1. The summed E-state index contributed by atoms with van der Waals surface area (Å²) in [5, 5.41) is 0. The predicted octanol–water partition coefficient (Wildman–Crippen LogP) is 3.32. The molecule has 0 saturated heterocycles. The van der Waals surface area contributed by atoms with E-state index < -0.39 is 0 Å². The summed E-state index contributed by atoms with van der Waals surface area (Å²) >= 11 is 0. The lowest BCUT2D eigenvalue weighted by atomic mass is 9.65. The van der Waals surface area contributed by atoms with E-state index in [2.05, 4.69) is 19.1 Å². The third-order valence-corrected chi connectivity index (χ3v) is 4.96. The van der Waals surface area contributed by atoms with E-state index in [-0.39, 0.29) is 17.4 Å². The third kappa shape index (κ3) is 3.14. The van der Waals surface area contributed by atoms with Crippen LogP contribution in [0.3, 0.4) is 0 Å². The zero-order valence-electron chi connectivity index (χ0n) is 13.2. The standard InChI is InChI=1S/C17H27NO2/c1-13(19)18(3)11-10-17(2)9-5-6-14-7-8-15(20-4)12-16(14)17/h7,12,15H,5-6,8-11H2,1-4H3. The maximum Gasteiger partial charge on any atom is 0.219 e. The molecule has 2 aliphatic rings. The Hall–Kier alpha value is -1.09. The fourth-order valence-corrected chi connectivity index (χ4v) is 3.35. The van der Waals surface area contributed by atoms with Crippen LogP contribution in [0, 0.1) is 5.41 Å². The molecular formula is C17H27NO2. The van der Waals surface area contributed by atoms with E-state index in [9.17, 15) is 4.79 Å². The summed E-state index contributed by atoms with van der Waals surface area (Å²) in [6, 6.07) is 0. The van der Waals surface area contributed by atoms with Crippen LogP contribution in [-0.4, -0.2) is 37.6 Å². The molecule has 0 spiro atoms. The van der Waals surface area contributed by atoms with Crippen LogP contribution in [0.1, 0.15) is 46.0 Å². The molecule has 1 saturated carbocycles. The van der Waals surface area contributed by atoms with Gasteiger partial charge in [-0.1, -0.05) is 19.1 Å². The zero-order chi connectivity index (χ0) is 14.8. The summed E-state index contributed by atoms with van der Waals surface area (Å²) < 4.78 is 5.51. The Balaban J connectivity index is 2.13. The van der Waals surface area contributed by atoms with Gasteiger partial charge >= 0.3 is 0 Å². The van der Waals surface area contributed by atoms with Crippen molar-refractivity contribution in [2.24, 2.45) is 5.41 Å². The SMILES string of the molecule is COC1C=C2C(=CC1)CCCC2(C)CCN(C)C(C)=O. The van der Waals surface area contributed by atoms with Gasteiger partial charge in [-0.05, 0) is 48.7 Å². The number of carbonyl (C=O) groups excluding carboxylic acids is 1. The summed E-state index contributed by atoms with van der Waals surface area (Å²) in [6.07, 6.45) is 10.6. The van der Waals surface area contributed by atoms with Crippen LogP contribution in [0.5, 0.6) is 0 Å². The molecule has 3 heteroatoms. The maximum atomic E-state index is 11.4. The number of nitrogens with zero attached hydrogens (tertiary/aromatic N) is 1. The Morgan fingerprint density at radius 1 is 1.55 bits per heavy atom. The number of allylic oxidation sites excluding steroid dienone is 2. The normalized spacial score (nSPS) is 29.3. The van der Waals surface area contributed by atoms with Crippen LogP contribution in [0.2, 0.25) is 0 Å². The second-order valence-corrected chi connectivity index (χ2v) is 6.42. The molecule has 0 N–H and O–H groups in total. The second-order valence-electron chi connectivity index (χ2n) is 6.42. The fourth-order valence-electron chi connectivity index (χ4n) is 3.35. The van der Waals surface area contributed by atoms with Crippen LogP contribution in [0.4, 0.5) is 0 Å². The van der Waals surface area contributed by atoms with E-state index in [4.69, 9.17) is 4.74 Å². The molecule has 1 fully saturated rings. The molecule has 2 rings (SSSR count). The molecule has 0 heterocycles. The van der Waals surface area contributed by atoms with Crippen LogP contribution >= 0.6 is 0 Å². The lowest BCUT2D eigenvalue weighted by molar-refractivity contribution is -0.127. The van der Waals surface area contributed by atoms with Gasteiger partial charge in [-0.25, -0.2) is 0 Å². The molecule has 0 aromatic heterocycles. The first kappa shape index (κ1) is 15.3. The number of hydrogen-bond acceptors (Lipinski definition) is 2. The number of fused-ring (bicyclic) bond motifs is 1. The lowest BCUT2D eigenvalue weighted by Gasteiger charge is -2.41. The Bertz CT molecular complexity index is 438. The third-order valence-electron chi connectivity index (χ3n) is 4.96. The largest absolute Gasteiger partial charge is 0.377 e. The van der Waals surface area contributed by atoms with Gasteiger partial charge in [0.05, 0.1) is 6.10 Å².